The molecule has 0 radical (unpaired) electrons. The number of methoxy groups -OCH3 is 1. The quantitative estimate of drug-likeness (QED) is 0.539. The third kappa shape index (κ3) is 6.46. The van der Waals surface area contributed by atoms with Gasteiger partial charge in [-0.05, 0) is 24.5 Å². The minimum Gasteiger partial charge on any atom is -0.481 e. The first-order valence-corrected chi connectivity index (χ1v) is 9.47. The van der Waals surface area contributed by atoms with Gasteiger partial charge in [0, 0.05) is 44.5 Å². The van der Waals surface area contributed by atoms with Gasteiger partial charge in [-0.15, -0.1) is 0 Å². The third-order valence-corrected chi connectivity index (χ3v) is 4.54. The molecule has 1 unspecified atom stereocenters. The Kier molecular flexibility index (Phi) is 8.64. The molecule has 1 atom stereocenters. The number of nitrogens with one attached hydrogen (secondary N) is 2. The zero-order valence-corrected chi connectivity index (χ0v) is 16.5. The molecular formula is C19H33N5O2. The predicted octanol–water partition coefficient (Wildman–Crippen LogP) is 1.50. The van der Waals surface area contributed by atoms with Crippen molar-refractivity contribution in [1.29, 1.82) is 0 Å². The zero-order valence-electron chi connectivity index (χ0n) is 16.5. The van der Waals surface area contributed by atoms with Crippen LogP contribution in [0, 0.1) is 5.92 Å². The summed E-state index contributed by atoms with van der Waals surface area (Å²) >= 11 is 0. The van der Waals surface area contributed by atoms with Crippen LogP contribution in [0.25, 0.3) is 0 Å². The molecule has 0 aromatic carbocycles. The Balaban J connectivity index is 1.96. The monoisotopic (exact) mass is 363 g/mol. The average molecular weight is 364 g/mol. The topological polar surface area (TPSA) is 71.0 Å². The Morgan fingerprint density at radius 1 is 1.35 bits per heavy atom. The van der Waals surface area contributed by atoms with E-state index in [-0.39, 0.29) is 0 Å². The highest BCUT2D eigenvalue weighted by atomic mass is 16.5. The molecular weight excluding hydrogens is 330 g/mol. The number of aromatic nitrogens is 1. The molecule has 1 aliphatic rings. The van der Waals surface area contributed by atoms with E-state index in [9.17, 15) is 0 Å². The Bertz CT molecular complexity index is 559. The van der Waals surface area contributed by atoms with Gasteiger partial charge in [0.2, 0.25) is 5.88 Å². The molecule has 1 aromatic heterocycles. The fourth-order valence-electron chi connectivity index (χ4n) is 3.07. The molecule has 2 rings (SSSR count). The number of aliphatic imine (C=N–C) groups is 1. The van der Waals surface area contributed by atoms with E-state index < -0.39 is 0 Å². The summed E-state index contributed by atoms with van der Waals surface area (Å²) in [6.07, 6.45) is 1.75. The molecule has 2 N–H and O–H groups in total. The van der Waals surface area contributed by atoms with Crippen LogP contribution in [-0.4, -0.2) is 68.4 Å². The highest BCUT2D eigenvalue weighted by molar-refractivity contribution is 5.79. The molecule has 2 heterocycles. The molecule has 0 spiro atoms. The van der Waals surface area contributed by atoms with Crippen LogP contribution in [0.1, 0.15) is 26.3 Å². The van der Waals surface area contributed by atoms with Gasteiger partial charge in [-0.3, -0.25) is 4.90 Å². The molecule has 26 heavy (non-hydrogen) atoms. The predicted molar refractivity (Wildman–Crippen MR) is 105 cm³/mol. The molecule has 0 amide bonds. The number of hydrogen-bond acceptors (Lipinski definition) is 5. The second-order valence-electron chi connectivity index (χ2n) is 6.74. The summed E-state index contributed by atoms with van der Waals surface area (Å²) in [4.78, 5) is 11.4. The molecule has 146 valence electrons. The van der Waals surface area contributed by atoms with Gasteiger partial charge in [0.15, 0.2) is 5.96 Å². The number of ether oxygens (including phenoxy) is 2. The van der Waals surface area contributed by atoms with Crippen molar-refractivity contribution in [3.8, 4) is 5.88 Å². The minimum absolute atomic E-state index is 0.462. The highest BCUT2D eigenvalue weighted by Gasteiger charge is 2.23. The normalized spacial score (nSPS) is 17.2. The molecule has 1 fully saturated rings. The van der Waals surface area contributed by atoms with Gasteiger partial charge >= 0.3 is 0 Å². The van der Waals surface area contributed by atoms with Crippen LogP contribution >= 0.6 is 0 Å². The molecule has 1 aliphatic heterocycles. The first-order valence-electron chi connectivity index (χ1n) is 9.47. The van der Waals surface area contributed by atoms with E-state index in [2.05, 4.69) is 41.3 Å². The number of guanidine groups is 1. The van der Waals surface area contributed by atoms with Gasteiger partial charge in [0.25, 0.3) is 0 Å². The van der Waals surface area contributed by atoms with Crippen molar-refractivity contribution < 1.29 is 9.47 Å². The lowest BCUT2D eigenvalue weighted by Gasteiger charge is -2.37. The second kappa shape index (κ2) is 11.0. The van der Waals surface area contributed by atoms with Crippen molar-refractivity contribution in [2.45, 2.75) is 33.4 Å². The summed E-state index contributed by atoms with van der Waals surface area (Å²) in [6.45, 7) is 12.5. The maximum absolute atomic E-state index is 5.49. The molecule has 0 aliphatic carbocycles. The van der Waals surface area contributed by atoms with E-state index in [1.807, 2.05) is 12.1 Å². The van der Waals surface area contributed by atoms with Crippen LogP contribution in [-0.2, 0) is 11.3 Å². The van der Waals surface area contributed by atoms with E-state index in [1.54, 1.807) is 13.3 Å². The number of pyridine rings is 1. The lowest BCUT2D eigenvalue weighted by Crippen LogP contribution is -2.52. The summed E-state index contributed by atoms with van der Waals surface area (Å²) in [5.74, 6) is 2.01. The van der Waals surface area contributed by atoms with Gasteiger partial charge in [-0.1, -0.05) is 13.8 Å². The Morgan fingerprint density at radius 2 is 2.12 bits per heavy atom. The van der Waals surface area contributed by atoms with Crippen molar-refractivity contribution >= 4 is 5.96 Å². The van der Waals surface area contributed by atoms with Crippen molar-refractivity contribution in [3.05, 3.63) is 23.9 Å². The number of morpholine rings is 1. The summed E-state index contributed by atoms with van der Waals surface area (Å²) in [5.41, 5.74) is 1.07. The lowest BCUT2D eigenvalue weighted by molar-refractivity contribution is 0.00752. The van der Waals surface area contributed by atoms with Crippen molar-refractivity contribution in [1.82, 2.24) is 20.5 Å². The Labute approximate surface area is 157 Å². The smallest absolute Gasteiger partial charge is 0.213 e. The summed E-state index contributed by atoms with van der Waals surface area (Å²) in [6, 6.07) is 4.33. The third-order valence-electron chi connectivity index (χ3n) is 4.54. The van der Waals surface area contributed by atoms with Crippen molar-refractivity contribution in [2.24, 2.45) is 10.9 Å². The summed E-state index contributed by atoms with van der Waals surface area (Å²) < 4.78 is 10.7. The van der Waals surface area contributed by atoms with Crippen LogP contribution < -0.4 is 15.4 Å². The number of rotatable bonds is 8. The number of hydrogen-bond donors (Lipinski definition) is 2. The lowest BCUT2D eigenvalue weighted by atomic mass is 10.0. The Morgan fingerprint density at radius 3 is 2.77 bits per heavy atom. The SMILES string of the molecule is CCNC(=NCc1ccnc(OC)c1)NCC(C(C)C)N1CCOCC1. The van der Waals surface area contributed by atoms with Gasteiger partial charge in [-0.25, -0.2) is 9.98 Å². The average Bonchev–Trinajstić information content (AvgIpc) is 2.67. The maximum atomic E-state index is 5.49. The Hall–Kier alpha value is -1.86. The van der Waals surface area contributed by atoms with Crippen LogP contribution in [0.5, 0.6) is 5.88 Å². The van der Waals surface area contributed by atoms with Crippen LogP contribution in [0.4, 0.5) is 0 Å². The standard InChI is InChI=1S/C19H33N5O2/c1-5-20-19(22-13-16-6-7-21-18(12-16)25-4)23-14-17(15(2)3)24-8-10-26-11-9-24/h6-7,12,15,17H,5,8-11,13-14H2,1-4H3,(H2,20,22,23). The fraction of sp³-hybridized carbons (Fsp3) is 0.684. The first kappa shape index (κ1) is 20.5. The molecule has 0 bridgehead atoms. The van der Waals surface area contributed by atoms with Gasteiger partial charge in [0.05, 0.1) is 26.9 Å². The van der Waals surface area contributed by atoms with Gasteiger partial charge < -0.3 is 20.1 Å². The zero-order chi connectivity index (χ0) is 18.8. The van der Waals surface area contributed by atoms with Gasteiger partial charge in [0.1, 0.15) is 0 Å². The van der Waals surface area contributed by atoms with Crippen molar-refractivity contribution in [3.63, 3.8) is 0 Å². The van der Waals surface area contributed by atoms with Crippen LogP contribution in [0.3, 0.4) is 0 Å². The maximum Gasteiger partial charge on any atom is 0.213 e. The largest absolute Gasteiger partial charge is 0.481 e. The van der Waals surface area contributed by atoms with Crippen molar-refractivity contribution in [2.75, 3.05) is 46.5 Å². The molecule has 7 nitrogen and oxygen atoms in total. The molecule has 7 heteroatoms. The van der Waals surface area contributed by atoms with E-state index in [1.165, 1.54) is 0 Å². The number of nitrogens with zero attached hydrogens (tertiary/aromatic N) is 3. The second-order valence-corrected chi connectivity index (χ2v) is 6.74. The minimum atomic E-state index is 0.462. The van der Waals surface area contributed by atoms with Gasteiger partial charge in [-0.2, -0.15) is 0 Å². The first-order chi connectivity index (χ1) is 12.6. The van der Waals surface area contributed by atoms with E-state index >= 15 is 0 Å². The fourth-order valence-corrected chi connectivity index (χ4v) is 3.07. The summed E-state index contributed by atoms with van der Waals surface area (Å²) in [7, 11) is 1.62. The molecule has 1 aromatic rings. The van der Waals surface area contributed by atoms with E-state index in [0.717, 1.165) is 50.9 Å². The van der Waals surface area contributed by atoms with Crippen LogP contribution in [0.2, 0.25) is 0 Å². The highest BCUT2D eigenvalue weighted by Crippen LogP contribution is 2.12. The molecule has 1 saturated heterocycles. The van der Waals surface area contributed by atoms with Crippen LogP contribution in [0.15, 0.2) is 23.3 Å². The van der Waals surface area contributed by atoms with E-state index in [4.69, 9.17) is 14.5 Å². The summed E-state index contributed by atoms with van der Waals surface area (Å²) in [5, 5.41) is 6.84. The van der Waals surface area contributed by atoms with E-state index in [0.29, 0.717) is 24.4 Å². The molecule has 0 saturated carbocycles.